The van der Waals surface area contributed by atoms with Gasteiger partial charge in [0.1, 0.15) is 11.5 Å². The van der Waals surface area contributed by atoms with E-state index < -0.39 is 0 Å². The maximum absolute atomic E-state index is 5.56. The number of rotatable bonds is 3. The average molecular weight is 223 g/mol. The summed E-state index contributed by atoms with van der Waals surface area (Å²) in [5.41, 5.74) is 1.26. The molecule has 0 aliphatic carbocycles. The second-order valence-corrected chi connectivity index (χ2v) is 4.73. The molecule has 0 amide bonds. The highest BCUT2D eigenvalue weighted by atomic mass is 16.5. The van der Waals surface area contributed by atoms with Gasteiger partial charge in [0, 0.05) is 24.3 Å². The summed E-state index contributed by atoms with van der Waals surface area (Å²) in [4.78, 5) is 0. The molecule has 0 radical (unpaired) electrons. The zero-order valence-corrected chi connectivity index (χ0v) is 10.5. The lowest BCUT2D eigenvalue weighted by atomic mass is 10.1. The van der Waals surface area contributed by atoms with E-state index in [1.165, 1.54) is 5.56 Å². The Bertz CT molecular complexity index is 359. The van der Waals surface area contributed by atoms with Gasteiger partial charge in [0.2, 0.25) is 0 Å². The number of hydrogen-bond acceptors (Lipinski definition) is 3. The minimum absolute atomic E-state index is 0.316. The third-order valence-corrected chi connectivity index (χ3v) is 3.39. The van der Waals surface area contributed by atoms with E-state index >= 15 is 0 Å². The highest BCUT2D eigenvalue weighted by Gasteiger charge is 2.26. The zero-order valence-electron chi connectivity index (χ0n) is 10.5. The van der Waals surface area contributed by atoms with Crippen LogP contribution in [0.5, 0.6) is 0 Å². The molecular weight excluding hydrogens is 202 g/mol. The lowest BCUT2D eigenvalue weighted by Crippen LogP contribution is -2.36. The summed E-state index contributed by atoms with van der Waals surface area (Å²) in [7, 11) is 0. The molecule has 1 saturated heterocycles. The molecule has 3 nitrogen and oxygen atoms in total. The van der Waals surface area contributed by atoms with Crippen molar-refractivity contribution in [2.75, 3.05) is 6.61 Å². The van der Waals surface area contributed by atoms with Crippen molar-refractivity contribution in [3.63, 3.8) is 0 Å². The Labute approximate surface area is 97.2 Å². The Balaban J connectivity index is 2.02. The van der Waals surface area contributed by atoms with E-state index in [0.29, 0.717) is 18.2 Å². The van der Waals surface area contributed by atoms with Crippen LogP contribution in [-0.2, 0) is 4.74 Å². The molecule has 1 N–H and O–H groups in total. The van der Waals surface area contributed by atoms with Crippen molar-refractivity contribution < 1.29 is 9.15 Å². The molecule has 0 aromatic carbocycles. The van der Waals surface area contributed by atoms with Crippen molar-refractivity contribution >= 4 is 0 Å². The number of ether oxygens (including phenoxy) is 1. The predicted octanol–water partition coefficient (Wildman–Crippen LogP) is 2.72. The van der Waals surface area contributed by atoms with Crippen molar-refractivity contribution in [2.45, 2.75) is 52.3 Å². The van der Waals surface area contributed by atoms with E-state index in [-0.39, 0.29) is 0 Å². The van der Waals surface area contributed by atoms with Gasteiger partial charge in [-0.05, 0) is 40.2 Å². The highest BCUT2D eigenvalue weighted by molar-refractivity contribution is 5.23. The molecule has 16 heavy (non-hydrogen) atoms. The first-order valence-electron chi connectivity index (χ1n) is 6.02. The van der Waals surface area contributed by atoms with Crippen LogP contribution in [0.15, 0.2) is 10.5 Å². The van der Waals surface area contributed by atoms with Gasteiger partial charge in [-0.15, -0.1) is 0 Å². The van der Waals surface area contributed by atoms with Gasteiger partial charge >= 0.3 is 0 Å². The van der Waals surface area contributed by atoms with Gasteiger partial charge in [0.15, 0.2) is 0 Å². The number of hydrogen-bond donors (Lipinski definition) is 1. The van der Waals surface area contributed by atoms with E-state index in [1.807, 2.05) is 13.8 Å². The molecule has 1 aliphatic heterocycles. The molecule has 3 atom stereocenters. The molecule has 2 rings (SSSR count). The summed E-state index contributed by atoms with van der Waals surface area (Å²) in [6.07, 6.45) is 1.41. The summed E-state index contributed by atoms with van der Waals surface area (Å²) in [6, 6.07) is 2.91. The first-order chi connectivity index (χ1) is 7.58. The molecular formula is C13H21NO2. The number of nitrogens with one attached hydrogen (secondary N) is 1. The number of furan rings is 1. The van der Waals surface area contributed by atoms with E-state index in [0.717, 1.165) is 24.5 Å². The maximum Gasteiger partial charge on any atom is 0.105 e. The van der Waals surface area contributed by atoms with Crippen LogP contribution in [0.2, 0.25) is 0 Å². The maximum atomic E-state index is 5.56. The van der Waals surface area contributed by atoms with Crippen LogP contribution in [-0.4, -0.2) is 18.8 Å². The molecule has 1 aliphatic rings. The van der Waals surface area contributed by atoms with Crippen molar-refractivity contribution in [3.8, 4) is 0 Å². The van der Waals surface area contributed by atoms with Crippen LogP contribution in [0.25, 0.3) is 0 Å². The number of aryl methyl sites for hydroxylation is 2. The van der Waals surface area contributed by atoms with Crippen LogP contribution in [0.4, 0.5) is 0 Å². The van der Waals surface area contributed by atoms with E-state index in [2.05, 4.69) is 25.2 Å². The molecule has 0 spiro atoms. The van der Waals surface area contributed by atoms with Gasteiger partial charge in [-0.25, -0.2) is 0 Å². The molecule has 90 valence electrons. The van der Waals surface area contributed by atoms with Crippen molar-refractivity contribution in [2.24, 2.45) is 0 Å². The largest absolute Gasteiger partial charge is 0.466 e. The SMILES string of the molecule is Cc1cc(C(C)NC2CCOC2C)c(C)o1. The van der Waals surface area contributed by atoms with Crippen LogP contribution >= 0.6 is 0 Å². The van der Waals surface area contributed by atoms with Gasteiger partial charge in [-0.2, -0.15) is 0 Å². The minimum atomic E-state index is 0.316. The van der Waals surface area contributed by atoms with E-state index in [9.17, 15) is 0 Å². The fraction of sp³-hybridized carbons (Fsp3) is 0.692. The Hall–Kier alpha value is -0.800. The van der Waals surface area contributed by atoms with Crippen LogP contribution in [0.3, 0.4) is 0 Å². The zero-order chi connectivity index (χ0) is 11.7. The molecule has 1 aromatic rings. The van der Waals surface area contributed by atoms with Crippen molar-refractivity contribution in [1.82, 2.24) is 5.32 Å². The highest BCUT2D eigenvalue weighted by Crippen LogP contribution is 2.23. The molecule has 3 unspecified atom stereocenters. The average Bonchev–Trinajstić information content (AvgIpc) is 2.74. The monoisotopic (exact) mass is 223 g/mol. The predicted molar refractivity (Wildman–Crippen MR) is 63.6 cm³/mol. The second-order valence-electron chi connectivity index (χ2n) is 4.73. The van der Waals surface area contributed by atoms with E-state index in [1.54, 1.807) is 0 Å². The minimum Gasteiger partial charge on any atom is -0.466 e. The summed E-state index contributed by atoms with van der Waals surface area (Å²) < 4.78 is 11.1. The summed E-state index contributed by atoms with van der Waals surface area (Å²) in [5.74, 6) is 2.00. The van der Waals surface area contributed by atoms with Crippen molar-refractivity contribution in [3.05, 3.63) is 23.2 Å². The van der Waals surface area contributed by atoms with Gasteiger partial charge < -0.3 is 14.5 Å². The summed E-state index contributed by atoms with van der Waals surface area (Å²) in [6.45, 7) is 9.20. The first kappa shape index (κ1) is 11.7. The van der Waals surface area contributed by atoms with Gasteiger partial charge in [0.05, 0.1) is 6.10 Å². The third kappa shape index (κ3) is 2.30. The Morgan fingerprint density at radius 1 is 1.44 bits per heavy atom. The van der Waals surface area contributed by atoms with Gasteiger partial charge in [-0.3, -0.25) is 0 Å². The molecule has 2 heterocycles. The first-order valence-corrected chi connectivity index (χ1v) is 6.02. The Morgan fingerprint density at radius 3 is 2.69 bits per heavy atom. The van der Waals surface area contributed by atoms with Gasteiger partial charge in [-0.1, -0.05) is 0 Å². The van der Waals surface area contributed by atoms with E-state index in [4.69, 9.17) is 9.15 Å². The second kappa shape index (κ2) is 4.60. The molecule has 0 saturated carbocycles. The third-order valence-electron chi connectivity index (χ3n) is 3.39. The van der Waals surface area contributed by atoms with Crippen molar-refractivity contribution in [1.29, 1.82) is 0 Å². The quantitative estimate of drug-likeness (QED) is 0.855. The topological polar surface area (TPSA) is 34.4 Å². The summed E-state index contributed by atoms with van der Waals surface area (Å²) in [5, 5.41) is 3.61. The fourth-order valence-electron chi connectivity index (χ4n) is 2.44. The standard InChI is InChI=1S/C13H21NO2/c1-8-7-12(10(3)16-8)9(2)14-13-5-6-15-11(13)4/h7,9,11,13-14H,5-6H2,1-4H3. The Kier molecular flexibility index (Phi) is 3.36. The molecule has 1 fully saturated rings. The fourth-order valence-corrected chi connectivity index (χ4v) is 2.44. The lowest BCUT2D eigenvalue weighted by molar-refractivity contribution is 0.111. The van der Waals surface area contributed by atoms with Crippen LogP contribution < -0.4 is 5.32 Å². The van der Waals surface area contributed by atoms with Crippen LogP contribution in [0.1, 0.15) is 43.4 Å². The van der Waals surface area contributed by atoms with Gasteiger partial charge in [0.25, 0.3) is 0 Å². The normalized spacial score (nSPS) is 27.2. The lowest BCUT2D eigenvalue weighted by Gasteiger charge is -2.21. The summed E-state index contributed by atoms with van der Waals surface area (Å²) >= 11 is 0. The molecule has 0 bridgehead atoms. The van der Waals surface area contributed by atoms with Crippen LogP contribution in [0, 0.1) is 13.8 Å². The molecule has 3 heteroatoms. The smallest absolute Gasteiger partial charge is 0.105 e. The molecule has 1 aromatic heterocycles. The Morgan fingerprint density at radius 2 is 2.19 bits per heavy atom.